The number of hydrogen-bond donors (Lipinski definition) is 2. The normalized spacial score (nSPS) is 13.9. The minimum absolute atomic E-state index is 0.590. The van der Waals surface area contributed by atoms with Gasteiger partial charge in [-0.25, -0.2) is 0 Å². The van der Waals surface area contributed by atoms with Crippen LogP contribution in [0.15, 0.2) is 48.7 Å². The Bertz CT molecular complexity index is 873. The van der Waals surface area contributed by atoms with Crippen LogP contribution in [0, 0.1) is 5.92 Å². The van der Waals surface area contributed by atoms with Crippen LogP contribution < -0.4 is 14.8 Å². The molecule has 1 saturated carbocycles. The van der Waals surface area contributed by atoms with Crippen molar-refractivity contribution >= 4 is 22.5 Å². The number of aromatic amines is 1. The molecule has 3 aromatic rings. The number of aromatic nitrogens is 1. The highest BCUT2D eigenvalue weighted by molar-refractivity contribution is 6.31. The summed E-state index contributed by atoms with van der Waals surface area (Å²) < 4.78 is 11.8. The molecule has 0 unspecified atom stereocenters. The van der Waals surface area contributed by atoms with Crippen LogP contribution in [0.5, 0.6) is 11.5 Å². The smallest absolute Gasteiger partial charge is 0.161 e. The molecule has 5 heteroatoms. The predicted molar refractivity (Wildman–Crippen MR) is 105 cm³/mol. The lowest BCUT2D eigenvalue weighted by atomic mass is 10.2. The van der Waals surface area contributed by atoms with Crippen molar-refractivity contribution in [2.45, 2.75) is 19.4 Å². The zero-order valence-corrected chi connectivity index (χ0v) is 15.4. The van der Waals surface area contributed by atoms with Crippen molar-refractivity contribution in [2.75, 3.05) is 19.8 Å². The Hall–Kier alpha value is -2.17. The molecule has 0 bridgehead atoms. The maximum absolute atomic E-state index is 6.10. The van der Waals surface area contributed by atoms with Gasteiger partial charge in [0, 0.05) is 35.2 Å². The molecule has 4 rings (SSSR count). The van der Waals surface area contributed by atoms with E-state index in [0.717, 1.165) is 53.0 Å². The fraction of sp³-hybridized carbons (Fsp3) is 0.333. The van der Waals surface area contributed by atoms with Gasteiger partial charge < -0.3 is 19.8 Å². The summed E-state index contributed by atoms with van der Waals surface area (Å²) >= 11 is 6.10. The minimum atomic E-state index is 0.590. The Balaban J connectivity index is 1.25. The summed E-state index contributed by atoms with van der Waals surface area (Å²) in [5.74, 6) is 2.38. The van der Waals surface area contributed by atoms with Crippen molar-refractivity contribution in [2.24, 2.45) is 5.92 Å². The molecule has 4 nitrogen and oxygen atoms in total. The first-order chi connectivity index (χ1) is 12.8. The van der Waals surface area contributed by atoms with E-state index in [9.17, 15) is 0 Å². The van der Waals surface area contributed by atoms with Crippen LogP contribution in [-0.2, 0) is 6.54 Å². The van der Waals surface area contributed by atoms with Gasteiger partial charge in [0.1, 0.15) is 6.61 Å². The van der Waals surface area contributed by atoms with Gasteiger partial charge in [0.2, 0.25) is 0 Å². The number of ether oxygens (including phenoxy) is 2. The summed E-state index contributed by atoms with van der Waals surface area (Å²) in [6.07, 6.45) is 4.59. The second-order valence-corrected chi connectivity index (χ2v) is 7.17. The molecule has 0 atom stereocenters. The Morgan fingerprint density at radius 2 is 1.88 bits per heavy atom. The quantitative estimate of drug-likeness (QED) is 0.533. The third-order valence-electron chi connectivity index (χ3n) is 4.60. The standard InChI is InChI=1S/C21H23ClN2O2/c22-17-7-8-19-18(11-17)16(13-24-19)12-23-9-10-25-20-3-1-2-4-21(20)26-14-15-5-6-15/h1-4,7-8,11,13,15,23-24H,5-6,9-10,12,14H2. The van der Waals surface area contributed by atoms with Gasteiger partial charge in [0.15, 0.2) is 11.5 Å². The first kappa shape index (κ1) is 17.3. The van der Waals surface area contributed by atoms with E-state index in [1.807, 2.05) is 48.7 Å². The molecule has 26 heavy (non-hydrogen) atoms. The Labute approximate surface area is 158 Å². The van der Waals surface area contributed by atoms with Gasteiger partial charge in [-0.15, -0.1) is 0 Å². The van der Waals surface area contributed by atoms with E-state index in [0.29, 0.717) is 6.61 Å². The van der Waals surface area contributed by atoms with Crippen LogP contribution in [0.2, 0.25) is 5.02 Å². The molecule has 2 N–H and O–H groups in total. The molecule has 0 aliphatic heterocycles. The van der Waals surface area contributed by atoms with E-state index in [4.69, 9.17) is 21.1 Å². The fourth-order valence-electron chi connectivity index (χ4n) is 2.93. The Morgan fingerprint density at radius 3 is 2.69 bits per heavy atom. The lowest BCUT2D eigenvalue weighted by Crippen LogP contribution is -2.20. The third kappa shape index (κ3) is 4.32. The third-order valence-corrected chi connectivity index (χ3v) is 4.84. The molecule has 0 amide bonds. The van der Waals surface area contributed by atoms with Crippen molar-refractivity contribution in [1.82, 2.24) is 10.3 Å². The molecule has 1 aliphatic rings. The predicted octanol–water partition coefficient (Wildman–Crippen LogP) is 4.78. The highest BCUT2D eigenvalue weighted by atomic mass is 35.5. The first-order valence-corrected chi connectivity index (χ1v) is 9.48. The number of rotatable bonds is 9. The highest BCUT2D eigenvalue weighted by Crippen LogP contribution is 2.32. The van der Waals surface area contributed by atoms with Crippen LogP contribution in [0.1, 0.15) is 18.4 Å². The number of nitrogens with one attached hydrogen (secondary N) is 2. The van der Waals surface area contributed by atoms with Crippen molar-refractivity contribution in [1.29, 1.82) is 0 Å². The number of para-hydroxylation sites is 2. The van der Waals surface area contributed by atoms with E-state index >= 15 is 0 Å². The highest BCUT2D eigenvalue weighted by Gasteiger charge is 2.22. The summed E-state index contributed by atoms with van der Waals surface area (Å²) in [4.78, 5) is 3.27. The number of fused-ring (bicyclic) bond motifs is 1. The molecule has 0 radical (unpaired) electrons. The molecule has 1 fully saturated rings. The molecule has 0 spiro atoms. The zero-order valence-electron chi connectivity index (χ0n) is 14.6. The van der Waals surface area contributed by atoms with Gasteiger partial charge in [-0.2, -0.15) is 0 Å². The molecular formula is C21H23ClN2O2. The summed E-state index contributed by atoms with van der Waals surface area (Å²) in [6.45, 7) is 2.91. The summed E-state index contributed by atoms with van der Waals surface area (Å²) in [5.41, 5.74) is 2.31. The number of hydrogen-bond acceptors (Lipinski definition) is 3. The van der Waals surface area contributed by atoms with Gasteiger partial charge >= 0.3 is 0 Å². The number of H-pyrrole nitrogens is 1. The number of benzene rings is 2. The van der Waals surface area contributed by atoms with Crippen molar-refractivity contribution in [3.8, 4) is 11.5 Å². The van der Waals surface area contributed by atoms with Crippen LogP contribution in [0.3, 0.4) is 0 Å². The average Bonchev–Trinajstić information content (AvgIpc) is 3.41. The summed E-state index contributed by atoms with van der Waals surface area (Å²) in [6, 6.07) is 13.8. The second kappa shape index (κ2) is 8.02. The largest absolute Gasteiger partial charge is 0.489 e. The number of halogens is 1. The SMILES string of the molecule is Clc1ccc2[nH]cc(CNCCOc3ccccc3OCC3CC3)c2c1. The Kier molecular flexibility index (Phi) is 5.32. The van der Waals surface area contributed by atoms with Gasteiger partial charge in [-0.05, 0) is 54.7 Å². The van der Waals surface area contributed by atoms with Crippen LogP contribution in [0.4, 0.5) is 0 Å². The molecule has 1 heterocycles. The van der Waals surface area contributed by atoms with Crippen molar-refractivity contribution < 1.29 is 9.47 Å². The fourth-order valence-corrected chi connectivity index (χ4v) is 3.11. The summed E-state index contributed by atoms with van der Waals surface area (Å²) in [5, 5.41) is 5.33. The van der Waals surface area contributed by atoms with Crippen LogP contribution in [0.25, 0.3) is 10.9 Å². The van der Waals surface area contributed by atoms with E-state index in [-0.39, 0.29) is 0 Å². The molecule has 1 aliphatic carbocycles. The van der Waals surface area contributed by atoms with E-state index in [2.05, 4.69) is 10.3 Å². The molecule has 0 saturated heterocycles. The molecular weight excluding hydrogens is 348 g/mol. The topological polar surface area (TPSA) is 46.3 Å². The van der Waals surface area contributed by atoms with E-state index in [1.165, 1.54) is 18.4 Å². The van der Waals surface area contributed by atoms with Gasteiger partial charge in [-0.1, -0.05) is 23.7 Å². The minimum Gasteiger partial charge on any atom is -0.489 e. The van der Waals surface area contributed by atoms with E-state index < -0.39 is 0 Å². The maximum atomic E-state index is 6.10. The maximum Gasteiger partial charge on any atom is 0.161 e. The van der Waals surface area contributed by atoms with E-state index in [1.54, 1.807) is 0 Å². The zero-order chi connectivity index (χ0) is 17.8. The first-order valence-electron chi connectivity index (χ1n) is 9.10. The summed E-state index contributed by atoms with van der Waals surface area (Å²) in [7, 11) is 0. The second-order valence-electron chi connectivity index (χ2n) is 6.73. The molecule has 2 aromatic carbocycles. The molecule has 136 valence electrons. The van der Waals surface area contributed by atoms with Crippen LogP contribution >= 0.6 is 11.6 Å². The van der Waals surface area contributed by atoms with Gasteiger partial charge in [0.25, 0.3) is 0 Å². The van der Waals surface area contributed by atoms with Crippen LogP contribution in [-0.4, -0.2) is 24.7 Å². The van der Waals surface area contributed by atoms with Gasteiger partial charge in [0.05, 0.1) is 6.61 Å². The lowest BCUT2D eigenvalue weighted by molar-refractivity contribution is 0.259. The van der Waals surface area contributed by atoms with Crippen molar-refractivity contribution in [3.05, 3.63) is 59.2 Å². The monoisotopic (exact) mass is 370 g/mol. The van der Waals surface area contributed by atoms with Gasteiger partial charge in [-0.3, -0.25) is 0 Å². The average molecular weight is 371 g/mol. The van der Waals surface area contributed by atoms with Crippen molar-refractivity contribution in [3.63, 3.8) is 0 Å². The lowest BCUT2D eigenvalue weighted by Gasteiger charge is -2.12. The Morgan fingerprint density at radius 1 is 1.08 bits per heavy atom. The molecule has 1 aromatic heterocycles.